The molecule has 11 nitrogen and oxygen atoms in total. The lowest BCUT2D eigenvalue weighted by atomic mass is 10.1. The van der Waals surface area contributed by atoms with Crippen molar-refractivity contribution in [2.24, 2.45) is 5.92 Å². The second-order valence-corrected chi connectivity index (χ2v) is 10.1. The van der Waals surface area contributed by atoms with Crippen LogP contribution in [0.25, 0.3) is 11.0 Å². The van der Waals surface area contributed by atoms with E-state index in [0.717, 1.165) is 29.7 Å². The molecule has 2 heterocycles. The van der Waals surface area contributed by atoms with Gasteiger partial charge in [-0.3, -0.25) is 4.18 Å². The zero-order valence-electron chi connectivity index (χ0n) is 18.2. The van der Waals surface area contributed by atoms with Gasteiger partial charge in [0.1, 0.15) is 17.8 Å². The highest BCUT2D eigenvalue weighted by Crippen LogP contribution is 2.39. The third kappa shape index (κ3) is 4.43. The van der Waals surface area contributed by atoms with Crippen molar-refractivity contribution in [1.29, 1.82) is 0 Å². The molecule has 4 N–H and O–H groups in total. The van der Waals surface area contributed by atoms with Gasteiger partial charge in [0.05, 0.1) is 24.1 Å². The Bertz CT molecular complexity index is 1330. The monoisotopic (exact) mass is 487 g/mol. The summed E-state index contributed by atoms with van der Waals surface area (Å²) in [5, 5.41) is 23.5. The van der Waals surface area contributed by atoms with E-state index in [1.54, 1.807) is 0 Å². The maximum atomic E-state index is 11.6. The minimum atomic E-state index is -4.43. The number of aryl methyl sites for hydroxylation is 1. The van der Waals surface area contributed by atoms with E-state index in [2.05, 4.69) is 33.5 Å². The van der Waals surface area contributed by atoms with E-state index < -0.39 is 28.4 Å². The molecule has 2 aliphatic carbocycles. The summed E-state index contributed by atoms with van der Waals surface area (Å²) in [6.45, 7) is -0.317. The predicted octanol–water partition coefficient (Wildman–Crippen LogP) is 2.37. The van der Waals surface area contributed by atoms with Crippen molar-refractivity contribution in [3.8, 4) is 0 Å². The van der Waals surface area contributed by atoms with Crippen molar-refractivity contribution >= 4 is 33.2 Å². The normalized spacial score (nSPS) is 24.3. The number of aliphatic hydroxyl groups is 1. The SMILES string of the molecule is O=C(O)NS(=O)(=O)OC[C@@H]1C[C@@H](n2ccc3c(N[C@@H]4CCc5ccccc54)ncnc32)C[C@@H]1O. The first kappa shape index (κ1) is 22.6. The van der Waals surface area contributed by atoms with E-state index in [4.69, 9.17) is 9.29 Å². The number of aromatic nitrogens is 3. The first-order valence-corrected chi connectivity index (χ1v) is 12.5. The number of fused-ring (bicyclic) bond motifs is 2. The zero-order valence-corrected chi connectivity index (χ0v) is 19.0. The van der Waals surface area contributed by atoms with Crippen molar-refractivity contribution in [1.82, 2.24) is 19.3 Å². The largest absolute Gasteiger partial charge is 0.464 e. The Labute approximate surface area is 196 Å². The molecule has 1 fully saturated rings. The molecule has 1 aromatic carbocycles. The number of benzene rings is 1. The molecular formula is C22H25N5O6S. The summed E-state index contributed by atoms with van der Waals surface area (Å²) in [5.74, 6) is 0.275. The highest BCUT2D eigenvalue weighted by atomic mass is 32.2. The van der Waals surface area contributed by atoms with Crippen molar-refractivity contribution < 1.29 is 27.6 Å². The molecule has 0 bridgehead atoms. The van der Waals surface area contributed by atoms with Gasteiger partial charge in [-0.15, -0.1) is 0 Å². The van der Waals surface area contributed by atoms with E-state index in [1.807, 2.05) is 22.9 Å². The van der Waals surface area contributed by atoms with Crippen LogP contribution in [0.3, 0.4) is 0 Å². The Morgan fingerprint density at radius 2 is 2.03 bits per heavy atom. The predicted molar refractivity (Wildman–Crippen MR) is 122 cm³/mol. The minimum Gasteiger partial charge on any atom is -0.464 e. The Kier molecular flexibility index (Phi) is 5.88. The van der Waals surface area contributed by atoms with Gasteiger partial charge in [0.15, 0.2) is 0 Å². The third-order valence-electron chi connectivity index (χ3n) is 6.63. The van der Waals surface area contributed by atoms with Gasteiger partial charge in [-0.2, -0.15) is 13.1 Å². The lowest BCUT2D eigenvalue weighted by Crippen LogP contribution is -2.32. The van der Waals surface area contributed by atoms with E-state index in [1.165, 1.54) is 22.2 Å². The number of carbonyl (C=O) groups is 1. The van der Waals surface area contributed by atoms with Crippen LogP contribution in [0.1, 0.15) is 42.5 Å². The molecule has 0 spiro atoms. The van der Waals surface area contributed by atoms with Crippen LogP contribution < -0.4 is 10.0 Å². The molecule has 1 amide bonds. The summed E-state index contributed by atoms with van der Waals surface area (Å²) >= 11 is 0. The molecule has 3 aromatic rings. The molecule has 0 radical (unpaired) electrons. The van der Waals surface area contributed by atoms with Crippen LogP contribution in [-0.2, 0) is 20.9 Å². The molecule has 5 rings (SSSR count). The van der Waals surface area contributed by atoms with Gasteiger partial charge < -0.3 is 20.1 Å². The van der Waals surface area contributed by atoms with Crippen LogP contribution in [0.15, 0.2) is 42.9 Å². The molecule has 34 heavy (non-hydrogen) atoms. The molecule has 0 unspecified atom stereocenters. The Morgan fingerprint density at radius 1 is 1.21 bits per heavy atom. The van der Waals surface area contributed by atoms with Crippen LogP contribution in [0, 0.1) is 5.92 Å². The summed E-state index contributed by atoms with van der Waals surface area (Å²) in [6.07, 6.45) is 3.75. The first-order valence-electron chi connectivity index (χ1n) is 11.0. The van der Waals surface area contributed by atoms with Crippen molar-refractivity contribution in [2.45, 2.75) is 43.9 Å². The summed E-state index contributed by atoms with van der Waals surface area (Å²) in [6, 6.07) is 10.4. The standard InChI is InChI=1S/C22H25N5O6S/c28-19-10-15(9-14(19)11-33-34(31,32)26-22(29)30)27-8-7-17-20(23-12-24-21(17)27)25-18-6-5-13-3-1-2-4-16(13)18/h1-4,7-8,12,14-15,18-19,26,28H,5-6,9-11H2,(H,29,30)(H,23,24,25)/t14-,15+,18+,19-/m0/s1. The van der Waals surface area contributed by atoms with Crippen molar-refractivity contribution in [3.05, 3.63) is 54.0 Å². The number of aliphatic hydroxyl groups excluding tert-OH is 1. The minimum absolute atomic E-state index is 0.119. The van der Waals surface area contributed by atoms with Crippen LogP contribution in [0.4, 0.5) is 10.6 Å². The number of amides is 1. The maximum Gasteiger partial charge on any atom is 0.420 e. The number of rotatable bonds is 7. The quantitative estimate of drug-likeness (QED) is 0.393. The van der Waals surface area contributed by atoms with Crippen LogP contribution in [-0.4, -0.2) is 52.0 Å². The fraction of sp³-hybridized carbons (Fsp3) is 0.409. The average molecular weight is 488 g/mol. The highest BCUT2D eigenvalue weighted by molar-refractivity contribution is 7.85. The number of carboxylic acid groups (broad SMARTS) is 1. The fourth-order valence-electron chi connectivity index (χ4n) is 5.05. The third-order valence-corrected chi connectivity index (χ3v) is 7.50. The zero-order chi connectivity index (χ0) is 23.9. The first-order chi connectivity index (χ1) is 16.3. The van der Waals surface area contributed by atoms with Gasteiger partial charge >= 0.3 is 16.4 Å². The number of nitrogens with one attached hydrogen (secondary N) is 2. The second-order valence-electron chi connectivity index (χ2n) is 8.72. The lowest BCUT2D eigenvalue weighted by Gasteiger charge is -2.16. The van der Waals surface area contributed by atoms with E-state index >= 15 is 0 Å². The van der Waals surface area contributed by atoms with Crippen molar-refractivity contribution in [3.63, 3.8) is 0 Å². The summed E-state index contributed by atoms with van der Waals surface area (Å²) in [4.78, 5) is 19.5. The molecule has 180 valence electrons. The van der Waals surface area contributed by atoms with Crippen LogP contribution in [0.2, 0.25) is 0 Å². The molecule has 1 saturated carbocycles. The highest BCUT2D eigenvalue weighted by Gasteiger charge is 2.36. The molecule has 0 aliphatic heterocycles. The van der Waals surface area contributed by atoms with Gasteiger partial charge in [0.25, 0.3) is 0 Å². The van der Waals surface area contributed by atoms with Crippen LogP contribution >= 0.6 is 0 Å². The smallest absolute Gasteiger partial charge is 0.420 e. The lowest BCUT2D eigenvalue weighted by molar-refractivity contribution is 0.0997. The topological polar surface area (TPSA) is 156 Å². The Morgan fingerprint density at radius 3 is 2.85 bits per heavy atom. The number of nitrogens with zero attached hydrogens (tertiary/aromatic N) is 3. The van der Waals surface area contributed by atoms with Gasteiger partial charge in [-0.25, -0.2) is 14.8 Å². The summed E-state index contributed by atoms with van der Waals surface area (Å²) in [7, 11) is -4.43. The Balaban J connectivity index is 1.31. The fourth-order valence-corrected chi connectivity index (χ4v) is 5.67. The molecule has 4 atom stereocenters. The molecule has 2 aliphatic rings. The maximum absolute atomic E-state index is 11.6. The number of anilines is 1. The Hall–Kier alpha value is -3.22. The average Bonchev–Trinajstić information content (AvgIpc) is 3.49. The second kappa shape index (κ2) is 8.85. The van der Waals surface area contributed by atoms with E-state index in [0.29, 0.717) is 12.8 Å². The summed E-state index contributed by atoms with van der Waals surface area (Å²) in [5.41, 5.74) is 3.35. The molecule has 12 heteroatoms. The van der Waals surface area contributed by atoms with Gasteiger partial charge in [-0.05, 0) is 42.9 Å². The van der Waals surface area contributed by atoms with Gasteiger partial charge in [0.2, 0.25) is 0 Å². The van der Waals surface area contributed by atoms with E-state index in [9.17, 15) is 18.3 Å². The van der Waals surface area contributed by atoms with E-state index in [-0.39, 0.29) is 18.7 Å². The van der Waals surface area contributed by atoms with Gasteiger partial charge in [0, 0.05) is 18.2 Å². The molecule has 2 aromatic heterocycles. The van der Waals surface area contributed by atoms with Crippen molar-refractivity contribution in [2.75, 3.05) is 11.9 Å². The number of hydrogen-bond donors (Lipinski definition) is 4. The molecular weight excluding hydrogens is 462 g/mol. The molecule has 0 saturated heterocycles. The summed E-state index contributed by atoms with van der Waals surface area (Å²) < 4.78 is 31.3. The number of hydrogen-bond acceptors (Lipinski definition) is 8. The van der Waals surface area contributed by atoms with Gasteiger partial charge in [-0.1, -0.05) is 24.3 Å². The van der Waals surface area contributed by atoms with Crippen LogP contribution in [0.5, 0.6) is 0 Å².